The molecule has 1 N–H and O–H groups in total. The molecule has 1 heterocycles. The molecule has 1 aromatic carbocycles. The minimum atomic E-state index is -3.27. The van der Waals surface area contributed by atoms with Gasteiger partial charge in [0.05, 0.1) is 11.9 Å². The molecule has 1 aliphatic heterocycles. The maximum atomic E-state index is 12.3. The molecule has 0 saturated carbocycles. The van der Waals surface area contributed by atoms with E-state index < -0.39 is 10.0 Å². The van der Waals surface area contributed by atoms with Crippen molar-refractivity contribution in [1.29, 1.82) is 0 Å². The Morgan fingerprint density at radius 3 is 2.59 bits per heavy atom. The van der Waals surface area contributed by atoms with Crippen LogP contribution in [0.4, 0.5) is 5.69 Å². The average molecular weight is 324 g/mol. The number of fused-ring (bicyclic) bond motifs is 1. The molecule has 0 aliphatic carbocycles. The lowest BCUT2D eigenvalue weighted by Crippen LogP contribution is -2.36. The number of benzene rings is 1. The lowest BCUT2D eigenvalue weighted by atomic mass is 10.00. The number of hydrogen-bond acceptors (Lipinski definition) is 3. The van der Waals surface area contributed by atoms with Crippen LogP contribution in [-0.2, 0) is 16.4 Å². The van der Waals surface area contributed by atoms with Gasteiger partial charge in [-0.3, -0.25) is 9.10 Å². The molecule has 0 saturated heterocycles. The SMILES string of the molecule is CCC(CC)NC(=O)c1ccc2c(c1)CCCN2S(C)(=O)=O. The summed E-state index contributed by atoms with van der Waals surface area (Å²) in [6.45, 7) is 4.60. The van der Waals surface area contributed by atoms with Crippen molar-refractivity contribution < 1.29 is 13.2 Å². The monoisotopic (exact) mass is 324 g/mol. The molecule has 1 amide bonds. The van der Waals surface area contributed by atoms with E-state index in [0.29, 0.717) is 17.8 Å². The third-order valence-electron chi connectivity index (χ3n) is 4.14. The van der Waals surface area contributed by atoms with Crippen molar-refractivity contribution in [2.24, 2.45) is 0 Å². The van der Waals surface area contributed by atoms with Crippen molar-refractivity contribution in [3.8, 4) is 0 Å². The van der Waals surface area contributed by atoms with Gasteiger partial charge in [0.15, 0.2) is 0 Å². The largest absolute Gasteiger partial charge is 0.349 e. The van der Waals surface area contributed by atoms with E-state index in [-0.39, 0.29) is 11.9 Å². The zero-order chi connectivity index (χ0) is 16.3. The zero-order valence-corrected chi connectivity index (χ0v) is 14.2. The van der Waals surface area contributed by atoms with Crippen molar-refractivity contribution in [3.05, 3.63) is 29.3 Å². The van der Waals surface area contributed by atoms with Crippen molar-refractivity contribution >= 4 is 21.6 Å². The second-order valence-corrected chi connectivity index (χ2v) is 7.68. The molecule has 6 heteroatoms. The Balaban J connectivity index is 2.27. The van der Waals surface area contributed by atoms with Gasteiger partial charge >= 0.3 is 0 Å². The Morgan fingerprint density at radius 1 is 1.32 bits per heavy atom. The Kier molecular flexibility index (Phi) is 5.11. The number of nitrogens with one attached hydrogen (secondary N) is 1. The zero-order valence-electron chi connectivity index (χ0n) is 13.4. The van der Waals surface area contributed by atoms with E-state index in [9.17, 15) is 13.2 Å². The first-order valence-corrected chi connectivity index (χ1v) is 9.63. The van der Waals surface area contributed by atoms with Crippen LogP contribution in [-0.4, -0.2) is 33.2 Å². The lowest BCUT2D eigenvalue weighted by molar-refractivity contribution is 0.0934. The van der Waals surface area contributed by atoms with Crippen LogP contribution in [0.15, 0.2) is 18.2 Å². The van der Waals surface area contributed by atoms with Gasteiger partial charge in [0, 0.05) is 18.2 Å². The van der Waals surface area contributed by atoms with Gasteiger partial charge in [-0.15, -0.1) is 0 Å². The lowest BCUT2D eigenvalue weighted by Gasteiger charge is -2.29. The number of carbonyl (C=O) groups excluding carboxylic acids is 1. The molecule has 0 radical (unpaired) electrons. The summed E-state index contributed by atoms with van der Waals surface area (Å²) in [5.74, 6) is -0.0898. The number of aryl methyl sites for hydroxylation is 1. The highest BCUT2D eigenvalue weighted by Crippen LogP contribution is 2.29. The summed E-state index contributed by atoms with van der Waals surface area (Å²) in [5, 5.41) is 3.01. The van der Waals surface area contributed by atoms with Crippen LogP contribution in [0.5, 0.6) is 0 Å². The van der Waals surface area contributed by atoms with Gasteiger partial charge < -0.3 is 5.32 Å². The Hall–Kier alpha value is -1.56. The minimum absolute atomic E-state index is 0.0898. The fourth-order valence-electron chi connectivity index (χ4n) is 2.81. The van der Waals surface area contributed by atoms with Crippen molar-refractivity contribution in [2.75, 3.05) is 17.1 Å². The molecule has 0 bridgehead atoms. The summed E-state index contributed by atoms with van der Waals surface area (Å²) in [7, 11) is -3.27. The topological polar surface area (TPSA) is 66.5 Å². The van der Waals surface area contributed by atoms with Crippen LogP contribution >= 0.6 is 0 Å². The molecule has 122 valence electrons. The third kappa shape index (κ3) is 3.61. The first-order chi connectivity index (χ1) is 10.4. The summed E-state index contributed by atoms with van der Waals surface area (Å²) < 4.78 is 25.1. The minimum Gasteiger partial charge on any atom is -0.349 e. The quantitative estimate of drug-likeness (QED) is 0.904. The molecule has 1 aliphatic rings. The van der Waals surface area contributed by atoms with E-state index >= 15 is 0 Å². The van der Waals surface area contributed by atoms with Crippen molar-refractivity contribution in [3.63, 3.8) is 0 Å². The van der Waals surface area contributed by atoms with Crippen LogP contribution < -0.4 is 9.62 Å². The summed E-state index contributed by atoms with van der Waals surface area (Å²) >= 11 is 0. The smallest absolute Gasteiger partial charge is 0.251 e. The van der Waals surface area contributed by atoms with Gasteiger partial charge in [-0.05, 0) is 49.4 Å². The molecule has 0 fully saturated rings. The number of rotatable bonds is 5. The summed E-state index contributed by atoms with van der Waals surface area (Å²) in [5.41, 5.74) is 2.22. The second-order valence-electron chi connectivity index (χ2n) is 5.77. The number of anilines is 1. The maximum absolute atomic E-state index is 12.3. The summed E-state index contributed by atoms with van der Waals surface area (Å²) in [4.78, 5) is 12.3. The van der Waals surface area contributed by atoms with Gasteiger partial charge in [-0.2, -0.15) is 0 Å². The van der Waals surface area contributed by atoms with E-state index in [0.717, 1.165) is 31.2 Å². The molecule has 0 unspecified atom stereocenters. The van der Waals surface area contributed by atoms with Crippen LogP contribution in [0.25, 0.3) is 0 Å². The Bertz CT molecular complexity index is 651. The molecule has 5 nitrogen and oxygen atoms in total. The summed E-state index contributed by atoms with van der Waals surface area (Å²) in [6, 6.07) is 5.46. The molecular weight excluding hydrogens is 300 g/mol. The van der Waals surface area contributed by atoms with E-state index in [4.69, 9.17) is 0 Å². The molecule has 0 atom stereocenters. The van der Waals surface area contributed by atoms with E-state index in [1.807, 2.05) is 19.9 Å². The molecule has 0 aromatic heterocycles. The predicted octanol–water partition coefficient (Wildman–Crippen LogP) is 2.32. The summed E-state index contributed by atoms with van der Waals surface area (Å²) in [6.07, 6.45) is 4.59. The first kappa shape index (κ1) is 16.8. The Morgan fingerprint density at radius 2 is 2.00 bits per heavy atom. The molecule has 0 spiro atoms. The van der Waals surface area contributed by atoms with E-state index in [1.165, 1.54) is 10.6 Å². The fraction of sp³-hybridized carbons (Fsp3) is 0.562. The van der Waals surface area contributed by atoms with Crippen LogP contribution in [0.3, 0.4) is 0 Å². The van der Waals surface area contributed by atoms with Crippen LogP contribution in [0.2, 0.25) is 0 Å². The van der Waals surface area contributed by atoms with E-state index in [2.05, 4.69) is 5.32 Å². The second kappa shape index (κ2) is 6.69. The van der Waals surface area contributed by atoms with Crippen LogP contribution in [0.1, 0.15) is 49.0 Å². The number of hydrogen-bond donors (Lipinski definition) is 1. The van der Waals surface area contributed by atoms with Crippen molar-refractivity contribution in [2.45, 2.75) is 45.6 Å². The van der Waals surface area contributed by atoms with Crippen molar-refractivity contribution in [1.82, 2.24) is 5.32 Å². The normalized spacial score (nSPS) is 14.8. The van der Waals surface area contributed by atoms with Gasteiger partial charge in [0.1, 0.15) is 0 Å². The highest BCUT2D eigenvalue weighted by molar-refractivity contribution is 7.92. The number of nitrogens with zero attached hydrogens (tertiary/aromatic N) is 1. The standard InChI is InChI=1S/C16H24N2O3S/c1-4-14(5-2)17-16(19)13-8-9-15-12(11-13)7-6-10-18(15)22(3,20)21/h8-9,11,14H,4-7,10H2,1-3H3,(H,17,19). The van der Waals surface area contributed by atoms with Crippen LogP contribution in [0, 0.1) is 0 Å². The van der Waals surface area contributed by atoms with Gasteiger partial charge in [0.2, 0.25) is 10.0 Å². The van der Waals surface area contributed by atoms with Gasteiger partial charge in [0.25, 0.3) is 5.91 Å². The number of carbonyl (C=O) groups is 1. The molecular formula is C16H24N2O3S. The first-order valence-electron chi connectivity index (χ1n) is 7.78. The highest BCUT2D eigenvalue weighted by atomic mass is 32.2. The van der Waals surface area contributed by atoms with E-state index in [1.54, 1.807) is 12.1 Å². The fourth-order valence-corrected chi connectivity index (χ4v) is 3.81. The maximum Gasteiger partial charge on any atom is 0.251 e. The predicted molar refractivity (Wildman–Crippen MR) is 88.8 cm³/mol. The molecule has 1 aromatic rings. The Labute approximate surface area is 132 Å². The highest BCUT2D eigenvalue weighted by Gasteiger charge is 2.24. The average Bonchev–Trinajstić information content (AvgIpc) is 2.50. The number of sulfonamides is 1. The van der Waals surface area contributed by atoms with Gasteiger partial charge in [-0.25, -0.2) is 8.42 Å². The van der Waals surface area contributed by atoms with Gasteiger partial charge in [-0.1, -0.05) is 13.8 Å². The third-order valence-corrected chi connectivity index (χ3v) is 5.32. The molecule has 22 heavy (non-hydrogen) atoms. The molecule has 2 rings (SSSR count). The number of amides is 1.